The molecule has 1 aliphatic heterocycles. The van der Waals surface area contributed by atoms with Crippen LogP contribution in [0.25, 0.3) is 20.9 Å². The lowest BCUT2D eigenvalue weighted by Gasteiger charge is -2.30. The van der Waals surface area contributed by atoms with Crippen molar-refractivity contribution in [1.29, 1.82) is 0 Å². The monoisotopic (exact) mass is 1810 g/mol. The molecule has 4 aromatic heterocycles. The zero-order valence-corrected chi connectivity index (χ0v) is 70.9. The second kappa shape index (κ2) is 49.3. The van der Waals surface area contributed by atoms with Crippen molar-refractivity contribution in [2.75, 3.05) is 42.7 Å². The van der Waals surface area contributed by atoms with Crippen LogP contribution in [0, 0.1) is 30.3 Å². The largest absolute Gasteiger partial charge is 0.468 e. The normalized spacial score (nSPS) is 12.2. The van der Waals surface area contributed by atoms with Crippen molar-refractivity contribution in [3.8, 4) is 0 Å². The summed E-state index contributed by atoms with van der Waals surface area (Å²) in [5.41, 5.74) is 25.4. The summed E-state index contributed by atoms with van der Waals surface area (Å²) in [4.78, 5) is 180. The third kappa shape index (κ3) is 28.8. The maximum absolute atomic E-state index is 13.9. The zero-order valence-electron chi connectivity index (χ0n) is 67.9. The second-order valence-corrected chi connectivity index (χ2v) is 28.0. The number of esters is 6. The highest BCUT2D eigenvalue weighted by Crippen LogP contribution is 2.33. The predicted octanol–water partition coefficient (Wildman–Crippen LogP) is 14.0. The summed E-state index contributed by atoms with van der Waals surface area (Å²) >= 11 is 23.0. The molecule has 11 rings (SSSR count). The van der Waals surface area contributed by atoms with Gasteiger partial charge in [0.2, 0.25) is 0 Å². The number of ketones is 1. The van der Waals surface area contributed by atoms with Gasteiger partial charge < -0.3 is 44.0 Å². The summed E-state index contributed by atoms with van der Waals surface area (Å²) in [6.07, 6.45) is 7.25. The first-order chi connectivity index (χ1) is 60.8. The Morgan fingerprint density at radius 1 is 0.520 bits per heavy atom. The molecule has 0 fully saturated rings. The summed E-state index contributed by atoms with van der Waals surface area (Å²) in [7, 11) is 7.13. The van der Waals surface area contributed by atoms with Crippen molar-refractivity contribution in [2.45, 2.75) is 75.9 Å². The summed E-state index contributed by atoms with van der Waals surface area (Å²) in [5.74, 6) is -5.56. The Labute approximate surface area is 741 Å². The minimum Gasteiger partial charge on any atom is -0.468 e. The maximum atomic E-state index is 13.9. The lowest BCUT2D eigenvalue weighted by molar-refractivity contribution is -0.385. The van der Waals surface area contributed by atoms with Crippen LogP contribution in [0.5, 0.6) is 0 Å². The standard InChI is InChI=1S/C25H21ClN6O7.C25H20ClN3O6.C18H19N3O6.C9H12N2O2.C7H3Cl2N3O/c1-38-24(34)19-8-6-15(11-21(19)32(36)37)14-31(22(25(35)39-2)13-17-5-3-4-10-28-17)23(33)18-9-7-16(26)12-20(18)29-30-27;1-35-25(32)20-7-5-15(10-21(20)29(33)34)14-28-22(13-18-4-2-3-9-27-18)23(30)12-16-11-17(26)6-8-19(16)24(28)31;1-26-17(22)14-7-6-12(9-16(14)21(24)25)11-20-15(18(23)27-2)10-13-5-3-4-8-19-13;1-13-9(12)8(10)6-7-4-2-3-5-11-7;8-4-1-2-5(7(9)13)6(3-4)11-12-10/h3-12,22H,13-14H2,1-2H3;2-11,22H,12-14H2,1H3;3-9,15,20H,10-11H2,1-2H3;2-5,8H,6,10H2,1H3;1-3H/t2*22-;15-;8-;/m1111./s1. The Morgan fingerprint density at radius 2 is 0.937 bits per heavy atom. The quantitative estimate of drug-likeness (QED) is 0.00642. The van der Waals surface area contributed by atoms with Crippen molar-refractivity contribution in [3.63, 3.8) is 0 Å². The molecule has 0 unspecified atom stereocenters. The first-order valence-corrected chi connectivity index (χ1v) is 38.5. The molecule has 3 N–H and O–H groups in total. The smallest absolute Gasteiger partial charge is 0.344 e. The van der Waals surface area contributed by atoms with Crippen LogP contribution in [0.3, 0.4) is 0 Å². The number of nitro groups is 3. The highest BCUT2D eigenvalue weighted by atomic mass is 35.5. The molecule has 39 nitrogen and oxygen atoms in total. The Balaban J connectivity index is 0.000000231. The van der Waals surface area contributed by atoms with E-state index in [0.717, 1.165) is 45.1 Å². The van der Waals surface area contributed by atoms with Gasteiger partial charge in [0.15, 0.2) is 5.78 Å². The van der Waals surface area contributed by atoms with Crippen LogP contribution in [-0.2, 0) is 99.3 Å². The Morgan fingerprint density at radius 3 is 1.39 bits per heavy atom. The number of nitrogens with two attached hydrogens (primary N) is 1. The number of fused-ring (bicyclic) bond motifs is 1. The number of nitro benzene ring substituents is 3. The molecule has 10 aromatic rings. The Hall–Kier alpha value is -15.1. The molecule has 4 atom stereocenters. The molecule has 0 bridgehead atoms. The molecule has 127 heavy (non-hydrogen) atoms. The van der Waals surface area contributed by atoms with Gasteiger partial charge >= 0.3 is 35.8 Å². The number of hydrogen-bond acceptors (Lipinski definition) is 30. The number of methoxy groups -OCH3 is 6. The van der Waals surface area contributed by atoms with E-state index >= 15 is 0 Å². The van der Waals surface area contributed by atoms with Gasteiger partial charge in [-0.1, -0.05) is 87.5 Å². The average molecular weight is 1820 g/mol. The number of rotatable bonds is 29. The molecule has 0 radical (unpaired) electrons. The van der Waals surface area contributed by atoms with Gasteiger partial charge in [-0.15, -0.1) is 0 Å². The molecule has 0 saturated carbocycles. The van der Waals surface area contributed by atoms with E-state index in [0.29, 0.717) is 62.2 Å². The fraction of sp³-hybridized carbons (Fsp3) is 0.214. The SMILES string of the molecule is COC(=O)[C@H](N)Cc1ccccn1.COC(=O)c1ccc(CN(C(=O)c2ccc(Cl)cc2N=[N+]=[N-])[C@H](Cc2ccccn2)C(=O)OC)cc1[N+](=O)[O-].COC(=O)c1ccc(CN2C(=O)c3ccc(Cl)cc3CC(=O)[C@H]2Cc2ccccn2)cc1[N+](=O)[O-].COC(=O)c1ccc(CN[C@H](Cc2ccccn2)C(=O)OC)cc1[N+](=O)[O-].[N-]=[N+]=Nc1cc(Cl)ccc1C(=O)Cl. The molecule has 0 aliphatic carbocycles. The third-order valence-corrected chi connectivity index (χ3v) is 19.1. The Kier molecular flexibility index (Phi) is 38.4. The van der Waals surface area contributed by atoms with Gasteiger partial charge in [-0.25, -0.2) is 19.2 Å². The number of aromatic nitrogens is 4. The molecule has 1 aliphatic rings. The topological polar surface area (TPSA) is 549 Å². The predicted molar refractivity (Wildman–Crippen MR) is 458 cm³/mol. The van der Waals surface area contributed by atoms with Gasteiger partial charge in [0.1, 0.15) is 34.8 Å². The number of azide groups is 2. The lowest BCUT2D eigenvalue weighted by atomic mass is 9.99. The van der Waals surface area contributed by atoms with E-state index in [4.69, 9.17) is 72.7 Å². The van der Waals surface area contributed by atoms with Crippen LogP contribution in [0.1, 0.15) is 107 Å². The van der Waals surface area contributed by atoms with E-state index in [2.05, 4.69) is 64.3 Å². The number of carbonyl (C=O) groups excluding carboxylic acids is 10. The number of ether oxygens (including phenoxy) is 6. The van der Waals surface area contributed by atoms with Crippen molar-refractivity contribution in [3.05, 3.63) is 351 Å². The first kappa shape index (κ1) is 99.0. The van der Waals surface area contributed by atoms with Crippen LogP contribution >= 0.6 is 46.4 Å². The fourth-order valence-corrected chi connectivity index (χ4v) is 12.8. The molecule has 2 amide bonds. The zero-order chi connectivity index (χ0) is 93.0. The summed E-state index contributed by atoms with van der Waals surface area (Å²) in [5, 5.41) is 44.7. The average Bonchev–Trinajstić information content (AvgIpc) is 1.71. The summed E-state index contributed by atoms with van der Waals surface area (Å²) in [6.45, 7) is -0.257. The summed E-state index contributed by atoms with van der Waals surface area (Å²) in [6, 6.07) is 42.7. The molecule has 5 heterocycles. The number of hydrogen-bond donors (Lipinski definition) is 2. The third-order valence-electron chi connectivity index (χ3n) is 18.2. The van der Waals surface area contributed by atoms with E-state index in [1.54, 1.807) is 91.4 Å². The van der Waals surface area contributed by atoms with Gasteiger partial charge in [-0.05, 0) is 166 Å². The van der Waals surface area contributed by atoms with Gasteiger partial charge in [0.05, 0.1) is 74.8 Å². The van der Waals surface area contributed by atoms with E-state index in [1.165, 1.54) is 104 Å². The van der Waals surface area contributed by atoms with Crippen LogP contribution in [-0.4, -0.2) is 170 Å². The maximum Gasteiger partial charge on any atom is 0.344 e. The van der Waals surface area contributed by atoms with Gasteiger partial charge in [-0.2, -0.15) is 0 Å². The molecule has 656 valence electrons. The number of nitrogens with zero attached hydrogens (tertiary/aromatic N) is 15. The summed E-state index contributed by atoms with van der Waals surface area (Å²) < 4.78 is 28.1. The molecule has 0 saturated heterocycles. The number of amides is 2. The van der Waals surface area contributed by atoms with Crippen LogP contribution in [0.2, 0.25) is 15.1 Å². The van der Waals surface area contributed by atoms with E-state index < -0.39 is 103 Å². The van der Waals surface area contributed by atoms with Crippen LogP contribution in [0.15, 0.2) is 217 Å². The highest BCUT2D eigenvalue weighted by molar-refractivity contribution is 6.68. The molecule has 43 heteroatoms. The lowest BCUT2D eigenvalue weighted by Crippen LogP contribution is -2.46. The van der Waals surface area contributed by atoms with Crippen molar-refractivity contribution in [2.24, 2.45) is 16.0 Å². The Bertz CT molecular complexity index is 5810. The number of nitrogens with one attached hydrogen (secondary N) is 1. The van der Waals surface area contributed by atoms with Crippen LogP contribution in [0.4, 0.5) is 28.4 Å². The van der Waals surface area contributed by atoms with Crippen LogP contribution < -0.4 is 11.1 Å². The molecular formula is C84H75Cl4N17O22. The minimum absolute atomic E-state index is 0.0110. The molecule has 0 spiro atoms. The minimum atomic E-state index is -1.24. The highest BCUT2D eigenvalue weighted by Gasteiger charge is 2.38. The number of benzene rings is 6. The van der Waals surface area contributed by atoms with Gasteiger partial charge in [0.25, 0.3) is 34.1 Å². The fourth-order valence-electron chi connectivity index (χ4n) is 12.1. The number of Topliss-reactive ketones (excluding diaryl/α,β-unsaturated/α-hetero) is 1. The van der Waals surface area contributed by atoms with E-state index in [9.17, 15) is 78.3 Å². The van der Waals surface area contributed by atoms with Gasteiger partial charge in [0, 0.05) is 159 Å². The molecular weight excluding hydrogens is 1740 g/mol. The first-order valence-electron chi connectivity index (χ1n) is 37.0. The van der Waals surface area contributed by atoms with Crippen molar-refractivity contribution < 1.29 is 91.1 Å². The second-order valence-electron chi connectivity index (χ2n) is 26.3. The number of pyridine rings is 4. The number of halogens is 4. The number of carbonyl (C=O) groups is 10. The van der Waals surface area contributed by atoms with E-state index in [-0.39, 0.29) is 100 Å². The molecule has 6 aromatic carbocycles. The van der Waals surface area contributed by atoms with Gasteiger partial charge in [-0.3, -0.25) is 84.4 Å². The van der Waals surface area contributed by atoms with E-state index in [1.807, 2.05) is 24.3 Å². The van der Waals surface area contributed by atoms with Crippen molar-refractivity contribution in [1.82, 2.24) is 35.1 Å². The van der Waals surface area contributed by atoms with Crippen molar-refractivity contribution >= 4 is 133 Å².